The number of carbonyl (C=O) groups excluding carboxylic acids is 1. The van der Waals surface area contributed by atoms with Gasteiger partial charge < -0.3 is 19.3 Å². The van der Waals surface area contributed by atoms with E-state index in [1.54, 1.807) is 4.57 Å². The predicted octanol–water partition coefficient (Wildman–Crippen LogP) is 5.23. The van der Waals surface area contributed by atoms with E-state index < -0.39 is 35.7 Å². The molecule has 0 spiro atoms. The van der Waals surface area contributed by atoms with Crippen molar-refractivity contribution in [3.63, 3.8) is 0 Å². The first-order valence-corrected chi connectivity index (χ1v) is 10.8. The number of nitrogens with zero attached hydrogens (tertiary/aromatic N) is 4. The zero-order chi connectivity index (χ0) is 25.5. The van der Waals surface area contributed by atoms with Crippen molar-refractivity contribution in [3.8, 4) is 34.0 Å². The van der Waals surface area contributed by atoms with Gasteiger partial charge in [-0.3, -0.25) is 4.79 Å². The number of hydrogen-bond donors (Lipinski definition) is 1. The molecule has 1 N–H and O–H groups in total. The van der Waals surface area contributed by atoms with Crippen LogP contribution >= 0.6 is 23.2 Å². The summed E-state index contributed by atoms with van der Waals surface area (Å²) >= 11 is 12.3. The van der Waals surface area contributed by atoms with Crippen molar-refractivity contribution < 1.29 is 32.2 Å². The van der Waals surface area contributed by atoms with E-state index in [0.29, 0.717) is 18.9 Å². The summed E-state index contributed by atoms with van der Waals surface area (Å²) in [5.41, 5.74) is -0.577. The minimum Gasteiger partial charge on any atom is -0.506 e. The maximum absolute atomic E-state index is 14.7. The van der Waals surface area contributed by atoms with Crippen LogP contribution in [0, 0.1) is 5.82 Å². The molecular weight excluding hydrogens is 515 g/mol. The Kier molecular flexibility index (Phi) is 6.65. The molecule has 0 bridgehead atoms. The average Bonchev–Trinajstić information content (AvgIpc) is 3.23. The van der Waals surface area contributed by atoms with Crippen molar-refractivity contribution in [1.29, 1.82) is 0 Å². The number of ether oxygens (including phenoxy) is 1. The summed E-state index contributed by atoms with van der Waals surface area (Å²) in [6.07, 6.45) is -3.52. The highest BCUT2D eigenvalue weighted by Gasteiger charge is 2.31. The lowest BCUT2D eigenvalue weighted by molar-refractivity contribution is -0.153. The molecule has 0 unspecified atom stereocenters. The molecule has 7 nitrogen and oxygen atoms in total. The summed E-state index contributed by atoms with van der Waals surface area (Å²) in [7, 11) is 0. The number of rotatable bonds is 5. The summed E-state index contributed by atoms with van der Waals surface area (Å²) < 4.78 is 60.2. The van der Waals surface area contributed by atoms with Crippen LogP contribution < -0.4 is 4.74 Å². The molecule has 1 amide bonds. The Labute approximate surface area is 206 Å². The summed E-state index contributed by atoms with van der Waals surface area (Å²) in [5, 5.41) is 18.1. The quantitative estimate of drug-likeness (QED) is 0.360. The Hall–Kier alpha value is -3.31. The van der Waals surface area contributed by atoms with Gasteiger partial charge in [0.2, 0.25) is 5.91 Å². The lowest BCUT2D eigenvalue weighted by Gasteiger charge is -2.27. The molecule has 35 heavy (non-hydrogen) atoms. The number of alkyl halides is 3. The molecule has 2 heterocycles. The van der Waals surface area contributed by atoms with Crippen LogP contribution in [-0.4, -0.2) is 50.0 Å². The third-order valence-corrected chi connectivity index (χ3v) is 5.87. The molecule has 1 aliphatic rings. The highest BCUT2D eigenvalue weighted by Crippen LogP contribution is 2.47. The fraction of sp³-hybridized carbons (Fsp3) is 0.227. The zero-order valence-corrected chi connectivity index (χ0v) is 19.3. The van der Waals surface area contributed by atoms with Crippen LogP contribution in [-0.2, 0) is 17.9 Å². The number of hydrogen-bond acceptors (Lipinski definition) is 5. The Morgan fingerprint density at radius 2 is 1.91 bits per heavy atom. The number of amides is 1. The van der Waals surface area contributed by atoms with Gasteiger partial charge in [0, 0.05) is 24.2 Å². The van der Waals surface area contributed by atoms with Crippen LogP contribution in [0.4, 0.5) is 17.6 Å². The molecule has 4 rings (SSSR count). The largest absolute Gasteiger partial charge is 0.506 e. The van der Waals surface area contributed by atoms with Gasteiger partial charge in [-0.15, -0.1) is 10.2 Å². The monoisotopic (exact) mass is 530 g/mol. The number of phenols is 1. The Morgan fingerprint density at radius 3 is 2.60 bits per heavy atom. The maximum Gasteiger partial charge on any atom is 0.422 e. The van der Waals surface area contributed by atoms with Gasteiger partial charge in [-0.2, -0.15) is 13.2 Å². The van der Waals surface area contributed by atoms with E-state index in [9.17, 15) is 27.5 Å². The van der Waals surface area contributed by atoms with E-state index in [1.807, 2.05) is 0 Å². The number of halogens is 6. The molecule has 3 aromatic rings. The molecule has 0 atom stereocenters. The van der Waals surface area contributed by atoms with E-state index in [1.165, 1.54) is 23.1 Å². The summed E-state index contributed by atoms with van der Waals surface area (Å²) in [6, 6.07) is 4.58. The maximum atomic E-state index is 14.7. The van der Waals surface area contributed by atoms with Crippen molar-refractivity contribution in [2.75, 3.05) is 13.2 Å². The van der Waals surface area contributed by atoms with Crippen molar-refractivity contribution in [2.45, 2.75) is 19.3 Å². The second kappa shape index (κ2) is 9.38. The summed E-state index contributed by atoms with van der Waals surface area (Å²) in [5.74, 6) is -1.70. The molecule has 0 fully saturated rings. The fourth-order valence-corrected chi connectivity index (χ4v) is 4.16. The first-order valence-electron chi connectivity index (χ1n) is 10.0. The minimum absolute atomic E-state index is 0.155. The van der Waals surface area contributed by atoms with Crippen LogP contribution in [0.15, 0.2) is 36.9 Å². The van der Waals surface area contributed by atoms with E-state index in [4.69, 9.17) is 27.9 Å². The molecule has 1 aliphatic heterocycles. The van der Waals surface area contributed by atoms with Gasteiger partial charge in [0.25, 0.3) is 0 Å². The normalized spacial score (nSPS) is 13.5. The van der Waals surface area contributed by atoms with Crippen molar-refractivity contribution in [3.05, 3.63) is 58.6 Å². The van der Waals surface area contributed by atoms with Crippen LogP contribution in [0.2, 0.25) is 10.0 Å². The topological polar surface area (TPSA) is 80.5 Å². The molecule has 1 aromatic heterocycles. The Morgan fingerprint density at radius 1 is 1.17 bits per heavy atom. The molecule has 0 saturated heterocycles. The summed E-state index contributed by atoms with van der Waals surface area (Å²) in [6.45, 7) is 2.55. The molecule has 2 aromatic carbocycles. The van der Waals surface area contributed by atoms with Crippen LogP contribution in [0.25, 0.3) is 22.5 Å². The van der Waals surface area contributed by atoms with Crippen LogP contribution in [0.5, 0.6) is 11.5 Å². The van der Waals surface area contributed by atoms with E-state index in [0.717, 1.165) is 12.1 Å². The highest BCUT2D eigenvalue weighted by atomic mass is 35.5. The number of benzene rings is 2. The van der Waals surface area contributed by atoms with E-state index >= 15 is 0 Å². The Balaban J connectivity index is 1.83. The van der Waals surface area contributed by atoms with Crippen LogP contribution in [0.3, 0.4) is 0 Å². The molecule has 0 radical (unpaired) electrons. The third-order valence-electron chi connectivity index (χ3n) is 5.27. The first kappa shape index (κ1) is 24.8. The number of carbonyl (C=O) groups is 1. The number of aromatic nitrogens is 3. The molecular formula is C22H16Cl2F4N4O3. The predicted molar refractivity (Wildman–Crippen MR) is 120 cm³/mol. The smallest absolute Gasteiger partial charge is 0.422 e. The van der Waals surface area contributed by atoms with E-state index in [2.05, 4.69) is 16.8 Å². The number of phenolic OH excluding ortho intramolecular Hbond substituents is 1. The zero-order valence-electron chi connectivity index (χ0n) is 17.7. The first-order chi connectivity index (χ1) is 16.5. The molecule has 13 heteroatoms. The molecule has 0 aliphatic carbocycles. The SMILES string of the molecule is C=CC(=O)N1CCn2c(nnc2-c2cc(Cl)c(-c3c(F)ccc(Cl)c3O)c(OCC(F)(F)F)c2)C1. The van der Waals surface area contributed by atoms with Gasteiger partial charge in [0.15, 0.2) is 18.3 Å². The summed E-state index contributed by atoms with van der Waals surface area (Å²) in [4.78, 5) is 13.4. The second-order valence-corrected chi connectivity index (χ2v) is 8.36. The molecule has 0 saturated carbocycles. The third kappa shape index (κ3) is 4.92. The fourth-order valence-electron chi connectivity index (χ4n) is 3.69. The number of fused-ring (bicyclic) bond motifs is 1. The average molecular weight is 531 g/mol. The van der Waals surface area contributed by atoms with Gasteiger partial charge in [-0.25, -0.2) is 4.39 Å². The van der Waals surface area contributed by atoms with Gasteiger partial charge in [0.1, 0.15) is 17.3 Å². The Bertz CT molecular complexity index is 1330. The van der Waals surface area contributed by atoms with Gasteiger partial charge >= 0.3 is 6.18 Å². The van der Waals surface area contributed by atoms with Gasteiger partial charge in [-0.05, 0) is 30.3 Å². The molecule has 184 valence electrons. The lowest BCUT2D eigenvalue weighted by Crippen LogP contribution is -2.37. The van der Waals surface area contributed by atoms with Crippen molar-refractivity contribution in [1.82, 2.24) is 19.7 Å². The second-order valence-electron chi connectivity index (χ2n) is 7.54. The van der Waals surface area contributed by atoms with Crippen molar-refractivity contribution in [2.24, 2.45) is 0 Å². The lowest BCUT2D eigenvalue weighted by atomic mass is 10.00. The highest BCUT2D eigenvalue weighted by molar-refractivity contribution is 6.35. The van der Waals surface area contributed by atoms with Crippen molar-refractivity contribution >= 4 is 29.1 Å². The number of aromatic hydroxyl groups is 1. The van der Waals surface area contributed by atoms with Crippen LogP contribution in [0.1, 0.15) is 5.82 Å². The standard InChI is InChI=1S/C22H16Cl2F4N4O3/c1-2-17(33)31-5-6-32-16(9-31)29-30-21(32)11-7-13(24)18(15(8-11)35-10-22(26,27)28)19-14(25)4-3-12(23)20(19)34/h2-4,7-8,34H,1,5-6,9-10H2. The van der Waals surface area contributed by atoms with Gasteiger partial charge in [0.05, 0.1) is 22.2 Å². The van der Waals surface area contributed by atoms with E-state index in [-0.39, 0.29) is 39.4 Å². The minimum atomic E-state index is -4.70. The van der Waals surface area contributed by atoms with Gasteiger partial charge in [-0.1, -0.05) is 29.8 Å².